The molecule has 154 valence electrons. The molecule has 0 spiro atoms. The third-order valence-electron chi connectivity index (χ3n) is 4.92. The Morgan fingerprint density at radius 1 is 1.32 bits per heavy atom. The Morgan fingerprint density at radius 2 is 2.04 bits per heavy atom. The average molecular weight is 395 g/mol. The Hall–Kier alpha value is -2.52. The van der Waals surface area contributed by atoms with Crippen molar-refractivity contribution in [2.24, 2.45) is 5.92 Å². The molecule has 9 heteroatoms. The lowest BCUT2D eigenvalue weighted by atomic mass is 9.93. The number of hydrogen-bond acceptors (Lipinski definition) is 5. The number of likely N-dealkylation sites (tertiary alicyclic amines) is 1. The number of carbonyl (C=O) groups excluding carboxylic acids is 3. The minimum atomic E-state index is -1.72. The molecule has 1 aromatic carbocycles. The number of halogens is 1. The lowest BCUT2D eigenvalue weighted by Gasteiger charge is -2.30. The molecule has 4 N–H and O–H groups in total. The Morgan fingerprint density at radius 3 is 2.68 bits per heavy atom. The Bertz CT molecular complexity index is 715. The molecule has 0 aliphatic carbocycles. The van der Waals surface area contributed by atoms with Crippen molar-refractivity contribution in [3.8, 4) is 0 Å². The molecule has 1 fully saturated rings. The van der Waals surface area contributed by atoms with Gasteiger partial charge in [-0.05, 0) is 31.4 Å². The number of amides is 3. The van der Waals surface area contributed by atoms with Crippen LogP contribution in [0.3, 0.4) is 0 Å². The first kappa shape index (κ1) is 21.8. The normalized spacial score (nSPS) is 18.4. The van der Waals surface area contributed by atoms with Gasteiger partial charge in [0.2, 0.25) is 11.8 Å². The molecule has 28 heavy (non-hydrogen) atoms. The van der Waals surface area contributed by atoms with Crippen LogP contribution in [0.15, 0.2) is 24.3 Å². The number of benzene rings is 1. The van der Waals surface area contributed by atoms with Crippen LogP contribution in [0.2, 0.25) is 0 Å². The summed E-state index contributed by atoms with van der Waals surface area (Å²) in [4.78, 5) is 38.6. The Balaban J connectivity index is 2.15. The van der Waals surface area contributed by atoms with Gasteiger partial charge in [0.1, 0.15) is 18.0 Å². The van der Waals surface area contributed by atoms with E-state index in [1.54, 1.807) is 6.07 Å². The van der Waals surface area contributed by atoms with E-state index in [4.69, 9.17) is 5.21 Å². The fraction of sp³-hybridized carbons (Fsp3) is 0.526. The van der Waals surface area contributed by atoms with Crippen LogP contribution in [-0.4, -0.2) is 51.6 Å². The van der Waals surface area contributed by atoms with Crippen molar-refractivity contribution in [3.63, 3.8) is 0 Å². The minimum Gasteiger partial charge on any atom is -0.382 e. The van der Waals surface area contributed by atoms with E-state index in [2.05, 4.69) is 5.32 Å². The van der Waals surface area contributed by atoms with E-state index in [0.29, 0.717) is 25.8 Å². The standard InChI is InChI=1S/C19H26FN3O5/c1-2-3-7-12(16(24)18(26)22-28)19(27)23-11-6-10-15(23)17(25)21-14-9-5-4-8-13(14)20/h4-5,8-9,12,15-16,24,28H,2-3,6-7,10-11H2,1H3,(H,21,25)(H,22,26)/t12?,15-,16?/m0/s1. The van der Waals surface area contributed by atoms with Crippen LogP contribution in [-0.2, 0) is 14.4 Å². The summed E-state index contributed by atoms with van der Waals surface area (Å²) in [6.45, 7) is 2.20. The second-order valence-electron chi connectivity index (χ2n) is 6.83. The molecule has 1 aromatic rings. The molecule has 2 unspecified atom stereocenters. The second-order valence-corrected chi connectivity index (χ2v) is 6.83. The van der Waals surface area contributed by atoms with Gasteiger partial charge in [0.25, 0.3) is 5.91 Å². The Labute approximate surface area is 162 Å². The van der Waals surface area contributed by atoms with Gasteiger partial charge in [0.15, 0.2) is 0 Å². The molecule has 0 radical (unpaired) electrons. The van der Waals surface area contributed by atoms with Gasteiger partial charge in [0, 0.05) is 6.54 Å². The fourth-order valence-electron chi connectivity index (χ4n) is 3.38. The summed E-state index contributed by atoms with van der Waals surface area (Å²) in [7, 11) is 0. The van der Waals surface area contributed by atoms with E-state index in [0.717, 1.165) is 6.42 Å². The van der Waals surface area contributed by atoms with E-state index < -0.39 is 41.6 Å². The summed E-state index contributed by atoms with van der Waals surface area (Å²) in [5, 5.41) is 21.4. The van der Waals surface area contributed by atoms with Gasteiger partial charge < -0.3 is 15.3 Å². The van der Waals surface area contributed by atoms with E-state index in [9.17, 15) is 23.9 Å². The van der Waals surface area contributed by atoms with Gasteiger partial charge in [-0.2, -0.15) is 0 Å². The first-order valence-corrected chi connectivity index (χ1v) is 9.38. The van der Waals surface area contributed by atoms with Crippen molar-refractivity contribution in [2.75, 3.05) is 11.9 Å². The minimum absolute atomic E-state index is 0.0222. The van der Waals surface area contributed by atoms with Crippen molar-refractivity contribution in [3.05, 3.63) is 30.1 Å². The zero-order valence-electron chi connectivity index (χ0n) is 15.7. The van der Waals surface area contributed by atoms with E-state index >= 15 is 0 Å². The molecule has 1 saturated heterocycles. The molecule has 1 heterocycles. The summed E-state index contributed by atoms with van der Waals surface area (Å²) < 4.78 is 13.8. The second kappa shape index (κ2) is 10.1. The van der Waals surface area contributed by atoms with Crippen molar-refractivity contribution in [1.82, 2.24) is 10.4 Å². The molecule has 1 aliphatic heterocycles. The van der Waals surface area contributed by atoms with E-state index in [-0.39, 0.29) is 12.1 Å². The van der Waals surface area contributed by atoms with Crippen molar-refractivity contribution >= 4 is 23.4 Å². The summed E-state index contributed by atoms with van der Waals surface area (Å²) in [5.74, 6) is -3.78. The number of anilines is 1. The molecule has 0 bridgehead atoms. The number of hydroxylamine groups is 1. The number of aliphatic hydroxyl groups excluding tert-OH is 1. The monoisotopic (exact) mass is 395 g/mol. The van der Waals surface area contributed by atoms with Crippen LogP contribution < -0.4 is 10.8 Å². The van der Waals surface area contributed by atoms with Crippen LogP contribution in [0, 0.1) is 11.7 Å². The van der Waals surface area contributed by atoms with Gasteiger partial charge in [-0.3, -0.25) is 19.6 Å². The summed E-state index contributed by atoms with van der Waals surface area (Å²) in [5.41, 5.74) is 1.38. The molecule has 0 saturated carbocycles. The topological polar surface area (TPSA) is 119 Å². The highest BCUT2D eigenvalue weighted by atomic mass is 19.1. The van der Waals surface area contributed by atoms with Crippen LogP contribution >= 0.6 is 0 Å². The van der Waals surface area contributed by atoms with Crippen molar-refractivity contribution < 1.29 is 29.1 Å². The third kappa shape index (κ3) is 5.05. The maximum atomic E-state index is 13.8. The molecular weight excluding hydrogens is 369 g/mol. The lowest BCUT2D eigenvalue weighted by Crippen LogP contribution is -2.50. The first-order chi connectivity index (χ1) is 13.4. The number of carbonyl (C=O) groups is 3. The highest BCUT2D eigenvalue weighted by molar-refractivity contribution is 5.98. The average Bonchev–Trinajstić information content (AvgIpc) is 3.19. The molecular formula is C19H26FN3O5. The molecule has 8 nitrogen and oxygen atoms in total. The largest absolute Gasteiger partial charge is 0.382 e. The lowest BCUT2D eigenvalue weighted by molar-refractivity contribution is -0.152. The smallest absolute Gasteiger partial charge is 0.272 e. The predicted molar refractivity (Wildman–Crippen MR) is 98.7 cm³/mol. The highest BCUT2D eigenvalue weighted by Gasteiger charge is 2.41. The molecule has 0 aromatic heterocycles. The summed E-state index contributed by atoms with van der Waals surface area (Å²) in [6.07, 6.45) is 0.821. The number of para-hydroxylation sites is 1. The zero-order chi connectivity index (χ0) is 20.7. The number of nitrogens with zero attached hydrogens (tertiary/aromatic N) is 1. The number of nitrogens with one attached hydrogen (secondary N) is 2. The Kier molecular flexibility index (Phi) is 7.89. The molecule has 1 aliphatic rings. The summed E-state index contributed by atoms with van der Waals surface area (Å²) in [6, 6.07) is 4.91. The van der Waals surface area contributed by atoms with E-state index in [1.165, 1.54) is 28.6 Å². The molecule has 2 rings (SSSR count). The fourth-order valence-corrected chi connectivity index (χ4v) is 3.38. The van der Waals surface area contributed by atoms with Crippen LogP contribution in [0.5, 0.6) is 0 Å². The van der Waals surface area contributed by atoms with Gasteiger partial charge in [0.05, 0.1) is 11.6 Å². The molecule has 3 amide bonds. The van der Waals surface area contributed by atoms with Crippen LogP contribution in [0.25, 0.3) is 0 Å². The van der Waals surface area contributed by atoms with Crippen molar-refractivity contribution in [2.45, 2.75) is 51.2 Å². The van der Waals surface area contributed by atoms with Gasteiger partial charge in [-0.15, -0.1) is 0 Å². The van der Waals surface area contributed by atoms with Crippen molar-refractivity contribution in [1.29, 1.82) is 0 Å². The number of hydrogen-bond donors (Lipinski definition) is 4. The zero-order valence-corrected chi connectivity index (χ0v) is 15.7. The quantitative estimate of drug-likeness (QED) is 0.392. The SMILES string of the molecule is CCCCC(C(=O)N1CCC[C@H]1C(=O)Nc1ccccc1F)C(O)C(=O)NO. The third-order valence-corrected chi connectivity index (χ3v) is 4.92. The van der Waals surface area contributed by atoms with Crippen LogP contribution in [0.4, 0.5) is 10.1 Å². The van der Waals surface area contributed by atoms with Crippen LogP contribution in [0.1, 0.15) is 39.0 Å². The highest BCUT2D eigenvalue weighted by Crippen LogP contribution is 2.25. The predicted octanol–water partition coefficient (Wildman–Crippen LogP) is 1.43. The van der Waals surface area contributed by atoms with Gasteiger partial charge >= 0.3 is 0 Å². The summed E-state index contributed by atoms with van der Waals surface area (Å²) >= 11 is 0. The number of aliphatic hydroxyl groups is 1. The number of unbranched alkanes of at least 4 members (excludes halogenated alkanes) is 1. The van der Waals surface area contributed by atoms with Gasteiger partial charge in [-0.25, -0.2) is 9.87 Å². The maximum Gasteiger partial charge on any atom is 0.272 e. The number of rotatable bonds is 8. The maximum absolute atomic E-state index is 13.8. The molecule has 3 atom stereocenters. The van der Waals surface area contributed by atoms with Gasteiger partial charge in [-0.1, -0.05) is 31.9 Å². The van der Waals surface area contributed by atoms with E-state index in [1.807, 2.05) is 6.92 Å². The first-order valence-electron chi connectivity index (χ1n) is 9.38.